The highest BCUT2D eigenvalue weighted by molar-refractivity contribution is 6.60. The van der Waals surface area contributed by atoms with Crippen molar-refractivity contribution in [3.63, 3.8) is 0 Å². The summed E-state index contributed by atoms with van der Waals surface area (Å²) >= 11 is 0. The van der Waals surface area contributed by atoms with Gasteiger partial charge in [0.25, 0.3) is 0 Å². The van der Waals surface area contributed by atoms with E-state index in [4.69, 9.17) is 13.3 Å². The third-order valence-electron chi connectivity index (χ3n) is 2.19. The molecule has 6 heteroatoms. The SMILES string of the molecule is CCNC(=O)CCC[Si](OC)(OC)OC. The molecule has 0 unspecified atom stereocenters. The number of amides is 1. The van der Waals surface area contributed by atoms with Crippen LogP contribution in [0.3, 0.4) is 0 Å². The molecule has 1 amide bonds. The first-order valence-corrected chi connectivity index (χ1v) is 6.99. The fourth-order valence-electron chi connectivity index (χ4n) is 1.31. The molecule has 15 heavy (non-hydrogen) atoms. The topological polar surface area (TPSA) is 56.8 Å². The highest BCUT2D eigenvalue weighted by Crippen LogP contribution is 2.15. The number of carbonyl (C=O) groups excluding carboxylic acids is 1. The van der Waals surface area contributed by atoms with Gasteiger partial charge in [-0.25, -0.2) is 0 Å². The zero-order valence-electron chi connectivity index (χ0n) is 9.96. The summed E-state index contributed by atoms with van der Waals surface area (Å²) in [7, 11) is 2.24. The van der Waals surface area contributed by atoms with E-state index in [0.29, 0.717) is 25.4 Å². The predicted molar refractivity (Wildman–Crippen MR) is 59.5 cm³/mol. The number of rotatable bonds is 8. The Bertz CT molecular complexity index is 177. The summed E-state index contributed by atoms with van der Waals surface area (Å²) in [4.78, 5) is 11.2. The van der Waals surface area contributed by atoms with Gasteiger partial charge in [-0.15, -0.1) is 0 Å². The Morgan fingerprint density at radius 1 is 1.20 bits per heavy atom. The zero-order valence-corrected chi connectivity index (χ0v) is 11.0. The Morgan fingerprint density at radius 2 is 1.73 bits per heavy atom. The summed E-state index contributed by atoms with van der Waals surface area (Å²) in [5, 5.41) is 2.74. The Hall–Kier alpha value is -0.433. The second-order valence-corrected chi connectivity index (χ2v) is 6.19. The minimum atomic E-state index is -2.49. The van der Waals surface area contributed by atoms with E-state index in [1.54, 1.807) is 21.3 Å². The molecule has 0 atom stereocenters. The Labute approximate surface area is 92.5 Å². The molecule has 0 saturated heterocycles. The van der Waals surface area contributed by atoms with Crippen LogP contribution in [0, 0.1) is 0 Å². The summed E-state index contributed by atoms with van der Waals surface area (Å²) in [6, 6.07) is 0.660. The van der Waals surface area contributed by atoms with Crippen LogP contribution in [0.1, 0.15) is 19.8 Å². The van der Waals surface area contributed by atoms with Crippen molar-refractivity contribution in [3.8, 4) is 0 Å². The molecule has 0 bridgehead atoms. The van der Waals surface area contributed by atoms with E-state index >= 15 is 0 Å². The van der Waals surface area contributed by atoms with Crippen LogP contribution in [0.4, 0.5) is 0 Å². The van der Waals surface area contributed by atoms with Crippen LogP contribution < -0.4 is 5.32 Å². The van der Waals surface area contributed by atoms with Crippen molar-refractivity contribution in [2.45, 2.75) is 25.8 Å². The van der Waals surface area contributed by atoms with E-state index in [-0.39, 0.29) is 5.91 Å². The smallest absolute Gasteiger partial charge is 0.377 e. The zero-order chi connectivity index (χ0) is 11.7. The van der Waals surface area contributed by atoms with E-state index in [0.717, 1.165) is 0 Å². The van der Waals surface area contributed by atoms with Crippen LogP contribution in [0.25, 0.3) is 0 Å². The van der Waals surface area contributed by atoms with Gasteiger partial charge in [0.15, 0.2) is 0 Å². The van der Waals surface area contributed by atoms with Crippen LogP contribution in [0.15, 0.2) is 0 Å². The first-order valence-electron chi connectivity index (χ1n) is 5.06. The van der Waals surface area contributed by atoms with Crippen LogP contribution in [0.2, 0.25) is 6.04 Å². The lowest BCUT2D eigenvalue weighted by Gasteiger charge is -2.23. The molecular formula is C9H21NO4Si. The third kappa shape index (κ3) is 5.27. The first kappa shape index (κ1) is 14.6. The van der Waals surface area contributed by atoms with Gasteiger partial charge in [-0.1, -0.05) is 0 Å². The lowest BCUT2D eigenvalue weighted by molar-refractivity contribution is -0.121. The number of hydrogen-bond donors (Lipinski definition) is 1. The van der Waals surface area contributed by atoms with E-state index in [1.165, 1.54) is 0 Å². The molecule has 0 aliphatic heterocycles. The van der Waals surface area contributed by atoms with Gasteiger partial charge in [0, 0.05) is 40.3 Å². The van der Waals surface area contributed by atoms with Gasteiger partial charge in [-0.2, -0.15) is 0 Å². The minimum Gasteiger partial charge on any atom is -0.377 e. The van der Waals surface area contributed by atoms with Crippen LogP contribution in [0.5, 0.6) is 0 Å². The molecule has 0 saturated carbocycles. The summed E-state index contributed by atoms with van der Waals surface area (Å²) in [5.74, 6) is 0.0590. The van der Waals surface area contributed by atoms with Crippen LogP contribution in [-0.2, 0) is 18.1 Å². The number of nitrogens with one attached hydrogen (secondary N) is 1. The van der Waals surface area contributed by atoms with Crippen molar-refractivity contribution in [3.05, 3.63) is 0 Å². The van der Waals surface area contributed by atoms with Gasteiger partial charge in [0.2, 0.25) is 5.91 Å². The van der Waals surface area contributed by atoms with Gasteiger partial charge in [-0.05, 0) is 13.3 Å². The predicted octanol–water partition coefficient (Wildman–Crippen LogP) is 0.781. The van der Waals surface area contributed by atoms with Gasteiger partial charge in [-0.3, -0.25) is 4.79 Å². The fraction of sp³-hybridized carbons (Fsp3) is 0.889. The van der Waals surface area contributed by atoms with Crippen LogP contribution in [-0.4, -0.2) is 42.6 Å². The fourth-order valence-corrected chi connectivity index (χ4v) is 3.03. The molecule has 0 aliphatic carbocycles. The maximum absolute atomic E-state index is 11.2. The molecule has 0 rings (SSSR count). The van der Waals surface area contributed by atoms with E-state index < -0.39 is 8.80 Å². The summed E-state index contributed by atoms with van der Waals surface area (Å²) in [6.45, 7) is 2.57. The van der Waals surface area contributed by atoms with Gasteiger partial charge in [0.05, 0.1) is 0 Å². The monoisotopic (exact) mass is 235 g/mol. The summed E-state index contributed by atoms with van der Waals surface area (Å²) in [6.07, 6.45) is 1.20. The molecule has 0 aromatic heterocycles. The Morgan fingerprint density at radius 3 is 2.13 bits per heavy atom. The van der Waals surface area contributed by atoms with Gasteiger partial charge >= 0.3 is 8.80 Å². The van der Waals surface area contributed by atoms with Crippen LogP contribution >= 0.6 is 0 Å². The third-order valence-corrected chi connectivity index (χ3v) is 5.03. The number of carbonyl (C=O) groups is 1. The number of hydrogen-bond acceptors (Lipinski definition) is 4. The molecule has 0 spiro atoms. The highest BCUT2D eigenvalue weighted by atomic mass is 28.4. The average Bonchev–Trinajstić information content (AvgIpc) is 2.25. The molecule has 0 aliphatic rings. The molecule has 1 N–H and O–H groups in total. The van der Waals surface area contributed by atoms with Crippen molar-refractivity contribution < 1.29 is 18.1 Å². The lowest BCUT2D eigenvalue weighted by Crippen LogP contribution is -2.42. The second-order valence-electron chi connectivity index (χ2n) is 3.10. The maximum Gasteiger partial charge on any atom is 0.500 e. The van der Waals surface area contributed by atoms with Crippen molar-refractivity contribution in [2.24, 2.45) is 0 Å². The minimum absolute atomic E-state index is 0.0590. The lowest BCUT2D eigenvalue weighted by atomic mass is 10.3. The Kier molecular flexibility index (Phi) is 7.58. The second kappa shape index (κ2) is 7.81. The van der Waals surface area contributed by atoms with Crippen molar-refractivity contribution >= 4 is 14.7 Å². The molecule has 0 fully saturated rings. The van der Waals surface area contributed by atoms with Gasteiger partial charge < -0.3 is 18.6 Å². The van der Waals surface area contributed by atoms with Crippen molar-refractivity contribution in [2.75, 3.05) is 27.9 Å². The van der Waals surface area contributed by atoms with Gasteiger partial charge in [0.1, 0.15) is 0 Å². The summed E-state index contributed by atoms with van der Waals surface area (Å²) < 4.78 is 15.7. The largest absolute Gasteiger partial charge is 0.500 e. The first-order chi connectivity index (χ1) is 7.14. The van der Waals surface area contributed by atoms with Crippen molar-refractivity contribution in [1.82, 2.24) is 5.32 Å². The van der Waals surface area contributed by atoms with E-state index in [2.05, 4.69) is 5.32 Å². The molecule has 0 aromatic rings. The molecule has 0 heterocycles. The maximum atomic E-state index is 11.2. The molecular weight excluding hydrogens is 214 g/mol. The quantitative estimate of drug-likeness (QED) is 0.632. The molecule has 0 aromatic carbocycles. The summed E-state index contributed by atoms with van der Waals surface area (Å²) in [5.41, 5.74) is 0. The standard InChI is InChI=1S/C9H21NO4Si/c1-5-10-9(11)7-6-8-15(12-2,13-3)14-4/h5-8H2,1-4H3,(H,10,11). The van der Waals surface area contributed by atoms with Crippen molar-refractivity contribution in [1.29, 1.82) is 0 Å². The normalized spacial score (nSPS) is 11.5. The molecule has 90 valence electrons. The van der Waals surface area contributed by atoms with E-state index in [9.17, 15) is 4.79 Å². The molecule has 0 radical (unpaired) electrons. The van der Waals surface area contributed by atoms with E-state index in [1.807, 2.05) is 6.92 Å². The average molecular weight is 235 g/mol. The molecule has 5 nitrogen and oxygen atoms in total. The Balaban J connectivity index is 3.85. The highest BCUT2D eigenvalue weighted by Gasteiger charge is 2.36.